The van der Waals surface area contributed by atoms with Crippen molar-refractivity contribution in [1.29, 1.82) is 15.8 Å². The summed E-state index contributed by atoms with van der Waals surface area (Å²) >= 11 is 0. The van der Waals surface area contributed by atoms with Crippen LogP contribution in [0.15, 0.2) is 0 Å². The van der Waals surface area contributed by atoms with Gasteiger partial charge in [-0.3, -0.25) is 0 Å². The van der Waals surface area contributed by atoms with Crippen molar-refractivity contribution in [3.63, 3.8) is 0 Å². The number of nitrogens with zero attached hydrogens (tertiary/aromatic N) is 3. The second kappa shape index (κ2) is 8.43. The molecule has 0 aromatic heterocycles. The van der Waals surface area contributed by atoms with E-state index < -0.39 is 18.7 Å². The number of rotatable bonds is 2. The zero-order valence-electron chi connectivity index (χ0n) is 8.05. The molecular formula is C5BLi2N3O4. The molecule has 0 rings (SSSR count). The van der Waals surface area contributed by atoms with Crippen molar-refractivity contribution in [2.24, 2.45) is 5.41 Å². The average molecular weight is 191 g/mol. The fourth-order valence-corrected chi connectivity index (χ4v) is 0.388. The summed E-state index contributed by atoms with van der Waals surface area (Å²) < 4.78 is 3.47. The number of carbonyl (C=O) groups is 1. The van der Waals surface area contributed by atoms with E-state index in [1.807, 2.05) is 0 Å². The Kier molecular flexibility index (Phi) is 11.0. The first-order chi connectivity index (χ1) is 6.02. The van der Waals surface area contributed by atoms with Crippen LogP contribution in [0.4, 0.5) is 0 Å². The van der Waals surface area contributed by atoms with Crippen LogP contribution < -0.4 is 47.8 Å². The van der Waals surface area contributed by atoms with Gasteiger partial charge in [0.15, 0.2) is 0 Å². The van der Waals surface area contributed by atoms with Gasteiger partial charge in [-0.25, -0.2) is 4.79 Å². The molecule has 0 aromatic carbocycles. The molecule has 0 radical (unpaired) electrons. The van der Waals surface area contributed by atoms with E-state index in [9.17, 15) is 14.8 Å². The molecule has 0 spiro atoms. The topological polar surface area (TPSA) is 144 Å². The Morgan fingerprint density at radius 1 is 1.13 bits per heavy atom. The molecule has 64 valence electrons. The fourth-order valence-electron chi connectivity index (χ4n) is 0.388. The van der Waals surface area contributed by atoms with Gasteiger partial charge in [-0.05, 0) is 0 Å². The van der Waals surface area contributed by atoms with Gasteiger partial charge in [0.2, 0.25) is 0 Å². The third kappa shape index (κ3) is 4.94. The maximum Gasteiger partial charge on any atom is 1.00 e. The molecule has 0 fully saturated rings. The van der Waals surface area contributed by atoms with Crippen LogP contribution in [-0.2, 0) is 9.45 Å². The van der Waals surface area contributed by atoms with E-state index in [4.69, 9.17) is 15.8 Å². The first-order valence-corrected chi connectivity index (χ1v) is 2.79. The number of carbonyl (C=O) groups excluding carboxylic acids is 1. The zero-order chi connectivity index (χ0) is 10.5. The van der Waals surface area contributed by atoms with Crippen molar-refractivity contribution < 1.29 is 57.2 Å². The Bertz CT molecular complexity index is 306. The smallest absolute Gasteiger partial charge is 0.860 e. The van der Waals surface area contributed by atoms with Crippen LogP contribution >= 0.6 is 0 Å². The van der Waals surface area contributed by atoms with Crippen LogP contribution in [0, 0.1) is 39.4 Å². The standard InChI is InChI=1S/C5BN3O4.2Li/c7-1-5(2-8,3-9)4(10)13-6(11)12;;/q-2;2*+1. The van der Waals surface area contributed by atoms with Crippen LogP contribution in [0.5, 0.6) is 0 Å². The molecule has 0 N–H and O–H groups in total. The van der Waals surface area contributed by atoms with Crippen molar-refractivity contribution in [3.8, 4) is 18.2 Å². The number of hydrogen-bond acceptors (Lipinski definition) is 7. The average Bonchev–Trinajstić information content (AvgIpc) is 2.07. The van der Waals surface area contributed by atoms with E-state index in [1.165, 1.54) is 0 Å². The Morgan fingerprint density at radius 2 is 1.47 bits per heavy atom. The molecule has 10 heteroatoms. The van der Waals surface area contributed by atoms with E-state index in [1.54, 1.807) is 0 Å². The van der Waals surface area contributed by atoms with Gasteiger partial charge in [-0.1, -0.05) is 0 Å². The third-order valence-electron chi connectivity index (χ3n) is 1.01. The largest absolute Gasteiger partial charge is 1.00 e. The van der Waals surface area contributed by atoms with Gasteiger partial charge in [0.05, 0.1) is 0 Å². The van der Waals surface area contributed by atoms with Gasteiger partial charge >= 0.3 is 49.1 Å². The van der Waals surface area contributed by atoms with Crippen LogP contribution in [0.2, 0.25) is 0 Å². The van der Waals surface area contributed by atoms with E-state index in [2.05, 4.69) is 4.65 Å². The quantitative estimate of drug-likeness (QED) is 0.393. The molecule has 0 aromatic rings. The molecule has 0 atom stereocenters. The molecular weight excluding hydrogens is 191 g/mol. The zero-order valence-corrected chi connectivity index (χ0v) is 8.05. The predicted molar refractivity (Wildman–Crippen MR) is 31.1 cm³/mol. The summed E-state index contributed by atoms with van der Waals surface area (Å²) in [5, 5.41) is 44.4. The van der Waals surface area contributed by atoms with Gasteiger partial charge < -0.3 is 14.7 Å². The molecule has 0 heterocycles. The van der Waals surface area contributed by atoms with Crippen molar-refractivity contribution in [2.75, 3.05) is 0 Å². The minimum absolute atomic E-state index is 0. The number of nitriles is 3. The summed E-state index contributed by atoms with van der Waals surface area (Å²) in [5.41, 5.74) is -2.73. The second-order valence-electron chi connectivity index (χ2n) is 1.78. The monoisotopic (exact) mass is 191 g/mol. The van der Waals surface area contributed by atoms with E-state index >= 15 is 0 Å². The van der Waals surface area contributed by atoms with Crippen molar-refractivity contribution in [3.05, 3.63) is 0 Å². The Morgan fingerprint density at radius 3 is 1.67 bits per heavy atom. The minimum Gasteiger partial charge on any atom is -0.860 e. The van der Waals surface area contributed by atoms with Crippen molar-refractivity contribution in [2.45, 2.75) is 0 Å². The molecule has 0 bridgehead atoms. The first-order valence-electron chi connectivity index (χ1n) is 2.79. The van der Waals surface area contributed by atoms with Crippen LogP contribution in [-0.4, -0.2) is 13.3 Å². The summed E-state index contributed by atoms with van der Waals surface area (Å²) in [6.45, 7) is 0. The molecule has 15 heavy (non-hydrogen) atoms. The Hall–Kier alpha value is -0.880. The van der Waals surface area contributed by atoms with Crippen LogP contribution in [0.3, 0.4) is 0 Å². The van der Waals surface area contributed by atoms with Crippen molar-refractivity contribution >= 4 is 13.3 Å². The van der Waals surface area contributed by atoms with Gasteiger partial charge in [-0.15, -0.1) is 0 Å². The fraction of sp³-hybridized carbons (Fsp3) is 0.200. The van der Waals surface area contributed by atoms with Crippen LogP contribution in [0.25, 0.3) is 0 Å². The summed E-state index contributed by atoms with van der Waals surface area (Å²) in [6.07, 6.45) is 0. The second-order valence-corrected chi connectivity index (χ2v) is 1.78. The maximum absolute atomic E-state index is 10.7. The Balaban J connectivity index is -0.000000720. The van der Waals surface area contributed by atoms with E-state index in [0.717, 1.165) is 18.2 Å². The molecule has 0 saturated carbocycles. The van der Waals surface area contributed by atoms with Gasteiger partial charge in [0.1, 0.15) is 25.5 Å². The van der Waals surface area contributed by atoms with E-state index in [-0.39, 0.29) is 37.7 Å². The summed E-state index contributed by atoms with van der Waals surface area (Å²) in [4.78, 5) is 10.7. The van der Waals surface area contributed by atoms with Crippen molar-refractivity contribution in [1.82, 2.24) is 0 Å². The van der Waals surface area contributed by atoms with Gasteiger partial charge in [0, 0.05) is 0 Å². The van der Waals surface area contributed by atoms with E-state index in [0.29, 0.717) is 0 Å². The summed E-state index contributed by atoms with van der Waals surface area (Å²) in [6, 6.07) is 3.14. The molecule has 0 unspecified atom stereocenters. The van der Waals surface area contributed by atoms with Gasteiger partial charge in [0.25, 0.3) is 0 Å². The summed E-state index contributed by atoms with van der Waals surface area (Å²) in [5.74, 6) is -1.74. The summed E-state index contributed by atoms with van der Waals surface area (Å²) in [7, 11) is -2.96. The van der Waals surface area contributed by atoms with Gasteiger partial charge in [-0.2, -0.15) is 15.8 Å². The maximum atomic E-state index is 10.7. The first kappa shape index (κ1) is 19.7. The normalized spacial score (nSPS) is 7.67. The minimum atomic E-state index is -2.96. The molecule has 0 aliphatic rings. The predicted octanol–water partition coefficient (Wildman–Crippen LogP) is -9.20. The molecule has 7 nitrogen and oxygen atoms in total. The molecule has 0 saturated heterocycles. The SMILES string of the molecule is N#CC(C#N)(C#N)C(=O)OB([O-])[O-].[Li+].[Li+]. The number of hydrogen-bond donors (Lipinski definition) is 0. The van der Waals surface area contributed by atoms with Crippen LogP contribution in [0.1, 0.15) is 0 Å². The molecule has 0 aliphatic heterocycles. The molecule has 0 amide bonds. The Labute approximate surface area is 110 Å². The third-order valence-corrected chi connectivity index (χ3v) is 1.01. The molecule has 0 aliphatic carbocycles.